The third-order valence-corrected chi connectivity index (χ3v) is 3.20. The molecule has 5 heteroatoms. The molecule has 0 fully saturated rings. The first-order valence-corrected chi connectivity index (χ1v) is 6.75. The van der Waals surface area contributed by atoms with Crippen molar-refractivity contribution in [1.82, 2.24) is 15.0 Å². The van der Waals surface area contributed by atoms with Crippen LogP contribution in [0.3, 0.4) is 0 Å². The second-order valence-electron chi connectivity index (χ2n) is 4.40. The summed E-state index contributed by atoms with van der Waals surface area (Å²) >= 11 is 5.80. The first-order valence-electron chi connectivity index (χ1n) is 6.37. The van der Waals surface area contributed by atoms with Crippen LogP contribution in [-0.4, -0.2) is 21.5 Å². The number of halogens is 1. The molecule has 3 aromatic rings. The monoisotopic (exact) mass is 284 g/mol. The van der Waals surface area contributed by atoms with Crippen molar-refractivity contribution in [3.8, 4) is 0 Å². The molecule has 0 atom stereocenters. The highest BCUT2D eigenvalue weighted by molar-refractivity contribution is 6.29. The fraction of sp³-hybridized carbons (Fsp3) is 0.133. The third-order valence-electron chi connectivity index (χ3n) is 3.02. The van der Waals surface area contributed by atoms with E-state index in [0.29, 0.717) is 11.0 Å². The minimum absolute atomic E-state index is 0.391. The van der Waals surface area contributed by atoms with Gasteiger partial charge in [0.15, 0.2) is 0 Å². The lowest BCUT2D eigenvalue weighted by Crippen LogP contribution is -2.07. The highest BCUT2D eigenvalue weighted by atomic mass is 35.5. The van der Waals surface area contributed by atoms with Gasteiger partial charge in [0.1, 0.15) is 11.0 Å². The molecular formula is C15H13ClN4. The van der Waals surface area contributed by atoms with E-state index in [1.54, 1.807) is 6.20 Å². The average molecular weight is 285 g/mol. The Kier molecular flexibility index (Phi) is 3.74. The van der Waals surface area contributed by atoms with E-state index in [1.165, 1.54) is 11.8 Å². The van der Waals surface area contributed by atoms with Gasteiger partial charge < -0.3 is 5.32 Å². The van der Waals surface area contributed by atoms with Gasteiger partial charge in [-0.25, -0.2) is 4.98 Å². The molecule has 0 unspecified atom stereocenters. The molecule has 0 spiro atoms. The molecule has 0 saturated heterocycles. The maximum absolute atomic E-state index is 5.80. The molecule has 20 heavy (non-hydrogen) atoms. The Morgan fingerprint density at radius 2 is 2.00 bits per heavy atom. The van der Waals surface area contributed by atoms with Gasteiger partial charge in [-0.05, 0) is 18.1 Å². The minimum atomic E-state index is 0.391. The number of aromatic nitrogens is 3. The van der Waals surface area contributed by atoms with Gasteiger partial charge in [-0.2, -0.15) is 0 Å². The maximum Gasteiger partial charge on any atom is 0.149 e. The van der Waals surface area contributed by atoms with Crippen LogP contribution in [0, 0.1) is 0 Å². The molecule has 0 aliphatic carbocycles. The van der Waals surface area contributed by atoms with E-state index in [-0.39, 0.29) is 0 Å². The molecule has 3 rings (SSSR count). The molecule has 0 bridgehead atoms. The van der Waals surface area contributed by atoms with Gasteiger partial charge in [0.2, 0.25) is 0 Å². The van der Waals surface area contributed by atoms with Crippen molar-refractivity contribution < 1.29 is 0 Å². The van der Waals surface area contributed by atoms with Gasteiger partial charge in [0.05, 0.1) is 17.9 Å². The quantitative estimate of drug-likeness (QED) is 0.798. The van der Waals surface area contributed by atoms with Gasteiger partial charge in [-0.15, -0.1) is 0 Å². The second kappa shape index (κ2) is 5.84. The highest BCUT2D eigenvalue weighted by Crippen LogP contribution is 2.16. The van der Waals surface area contributed by atoms with Gasteiger partial charge in [-0.1, -0.05) is 35.9 Å². The van der Waals surface area contributed by atoms with Gasteiger partial charge in [0, 0.05) is 18.1 Å². The summed E-state index contributed by atoms with van der Waals surface area (Å²) in [4.78, 5) is 12.6. The molecule has 0 saturated carbocycles. The van der Waals surface area contributed by atoms with E-state index in [9.17, 15) is 0 Å². The summed E-state index contributed by atoms with van der Waals surface area (Å²) in [5.74, 6) is 0.686. The molecule has 0 aliphatic heterocycles. The summed E-state index contributed by atoms with van der Waals surface area (Å²) in [7, 11) is 0. The number of nitrogens with zero attached hydrogens (tertiary/aromatic N) is 3. The zero-order chi connectivity index (χ0) is 13.8. The van der Waals surface area contributed by atoms with Crippen LogP contribution >= 0.6 is 11.6 Å². The number of fused-ring (bicyclic) bond motifs is 1. The van der Waals surface area contributed by atoms with Crippen LogP contribution in [0.1, 0.15) is 5.56 Å². The molecule has 100 valence electrons. The number of anilines is 1. The first kappa shape index (κ1) is 12.8. The molecule has 0 aliphatic rings. The van der Waals surface area contributed by atoms with Gasteiger partial charge in [0.25, 0.3) is 0 Å². The van der Waals surface area contributed by atoms with Crippen LogP contribution in [0.15, 0.2) is 48.9 Å². The van der Waals surface area contributed by atoms with Crippen LogP contribution in [0.25, 0.3) is 10.9 Å². The summed E-state index contributed by atoms with van der Waals surface area (Å²) in [6, 6.07) is 10.2. The zero-order valence-electron chi connectivity index (χ0n) is 10.8. The Morgan fingerprint density at radius 1 is 1.10 bits per heavy atom. The largest absolute Gasteiger partial charge is 0.368 e. The van der Waals surface area contributed by atoms with Crippen LogP contribution < -0.4 is 5.32 Å². The lowest BCUT2D eigenvalue weighted by atomic mass is 10.1. The molecule has 0 radical (unpaired) electrons. The topological polar surface area (TPSA) is 50.7 Å². The number of pyridine rings is 1. The van der Waals surface area contributed by atoms with Crippen molar-refractivity contribution in [2.24, 2.45) is 0 Å². The van der Waals surface area contributed by atoms with Gasteiger partial charge in [-0.3, -0.25) is 9.97 Å². The van der Waals surface area contributed by atoms with E-state index < -0.39 is 0 Å². The fourth-order valence-electron chi connectivity index (χ4n) is 2.12. The first-order chi connectivity index (χ1) is 9.83. The minimum Gasteiger partial charge on any atom is -0.368 e. The van der Waals surface area contributed by atoms with Crippen LogP contribution in [0.2, 0.25) is 5.15 Å². The average Bonchev–Trinajstić information content (AvgIpc) is 2.48. The summed E-state index contributed by atoms with van der Waals surface area (Å²) < 4.78 is 0. The molecule has 2 heterocycles. The normalized spacial score (nSPS) is 10.7. The zero-order valence-corrected chi connectivity index (χ0v) is 11.5. The molecular weight excluding hydrogens is 272 g/mol. The third kappa shape index (κ3) is 2.86. The van der Waals surface area contributed by atoms with E-state index in [2.05, 4.69) is 44.5 Å². The number of para-hydroxylation sites is 1. The lowest BCUT2D eigenvalue weighted by molar-refractivity contribution is 1.00. The van der Waals surface area contributed by atoms with Crippen molar-refractivity contribution in [2.75, 3.05) is 11.9 Å². The van der Waals surface area contributed by atoms with Crippen molar-refractivity contribution in [3.63, 3.8) is 0 Å². The Balaban J connectivity index is 1.71. The summed E-state index contributed by atoms with van der Waals surface area (Å²) in [6.07, 6.45) is 5.86. The number of hydrogen-bond donors (Lipinski definition) is 1. The molecule has 1 N–H and O–H groups in total. The van der Waals surface area contributed by atoms with E-state index in [4.69, 9.17) is 11.6 Å². The van der Waals surface area contributed by atoms with Crippen LogP contribution in [0.4, 0.5) is 5.82 Å². The molecule has 2 aromatic heterocycles. The number of nitrogens with one attached hydrogen (secondary N) is 1. The summed E-state index contributed by atoms with van der Waals surface area (Å²) in [6.45, 7) is 0.755. The number of hydrogen-bond acceptors (Lipinski definition) is 4. The van der Waals surface area contributed by atoms with E-state index in [0.717, 1.165) is 23.9 Å². The van der Waals surface area contributed by atoms with Crippen LogP contribution in [0.5, 0.6) is 0 Å². The second-order valence-corrected chi connectivity index (χ2v) is 4.78. The molecule has 4 nitrogen and oxygen atoms in total. The van der Waals surface area contributed by atoms with Crippen molar-refractivity contribution in [2.45, 2.75) is 6.42 Å². The van der Waals surface area contributed by atoms with E-state index >= 15 is 0 Å². The number of rotatable bonds is 4. The number of benzene rings is 1. The predicted octanol–water partition coefficient (Wildman–Crippen LogP) is 3.33. The Labute approximate surface area is 121 Å². The maximum atomic E-state index is 5.80. The SMILES string of the molecule is Clc1cncc(NCCc2cccc3cccnc23)n1. The summed E-state index contributed by atoms with van der Waals surface area (Å²) in [5.41, 5.74) is 2.26. The fourth-order valence-corrected chi connectivity index (χ4v) is 2.27. The Bertz CT molecular complexity index is 724. The molecule has 1 aromatic carbocycles. The Hall–Kier alpha value is -2.20. The lowest BCUT2D eigenvalue weighted by Gasteiger charge is -2.07. The predicted molar refractivity (Wildman–Crippen MR) is 81.0 cm³/mol. The molecule has 0 amide bonds. The van der Waals surface area contributed by atoms with Crippen molar-refractivity contribution in [1.29, 1.82) is 0 Å². The Morgan fingerprint density at radius 3 is 2.90 bits per heavy atom. The van der Waals surface area contributed by atoms with Crippen LogP contribution in [-0.2, 0) is 6.42 Å². The van der Waals surface area contributed by atoms with Crippen molar-refractivity contribution in [3.05, 3.63) is 59.6 Å². The van der Waals surface area contributed by atoms with E-state index in [1.807, 2.05) is 12.3 Å². The standard InChI is InChI=1S/C15H13ClN4/c16-13-9-17-10-14(20-13)18-8-6-12-4-1-3-11-5-2-7-19-15(11)12/h1-5,7,9-10H,6,8H2,(H,18,20). The van der Waals surface area contributed by atoms with Crippen molar-refractivity contribution >= 4 is 28.3 Å². The summed E-state index contributed by atoms with van der Waals surface area (Å²) in [5, 5.41) is 4.76. The smallest absolute Gasteiger partial charge is 0.149 e. The highest BCUT2D eigenvalue weighted by Gasteiger charge is 2.02. The van der Waals surface area contributed by atoms with Gasteiger partial charge >= 0.3 is 0 Å².